The van der Waals surface area contributed by atoms with Gasteiger partial charge in [-0.15, -0.1) is 11.3 Å². The lowest BCUT2D eigenvalue weighted by Gasteiger charge is -2.10. The largest absolute Gasteiger partial charge is 0.399 e. The molecule has 0 bridgehead atoms. The van der Waals surface area contributed by atoms with Gasteiger partial charge in [0.15, 0.2) is 0 Å². The van der Waals surface area contributed by atoms with Crippen LogP contribution in [-0.2, 0) is 16.4 Å². The Morgan fingerprint density at radius 2 is 2.10 bits per heavy atom. The van der Waals surface area contributed by atoms with E-state index in [1.54, 1.807) is 0 Å². The third-order valence-corrected chi connectivity index (χ3v) is 5.52. The van der Waals surface area contributed by atoms with Crippen molar-refractivity contribution < 1.29 is 12.8 Å². The van der Waals surface area contributed by atoms with Crippen molar-refractivity contribution in [2.75, 3.05) is 12.3 Å². The molecule has 3 N–H and O–H groups in total. The highest BCUT2D eigenvalue weighted by atomic mass is 32.2. The Balaban J connectivity index is 2.12. The molecule has 2 rings (SSSR count). The van der Waals surface area contributed by atoms with E-state index in [4.69, 9.17) is 5.73 Å². The van der Waals surface area contributed by atoms with Crippen LogP contribution in [-0.4, -0.2) is 19.9 Å². The maximum absolute atomic E-state index is 13.6. The van der Waals surface area contributed by atoms with Crippen molar-refractivity contribution in [3.63, 3.8) is 0 Å². The topological polar surface area (TPSA) is 85.1 Å². The van der Waals surface area contributed by atoms with Crippen molar-refractivity contribution in [2.24, 2.45) is 0 Å². The van der Waals surface area contributed by atoms with Crippen LogP contribution >= 0.6 is 11.3 Å². The minimum atomic E-state index is -3.79. The molecular formula is C13H16FN3O2S2. The molecule has 0 aliphatic heterocycles. The van der Waals surface area contributed by atoms with Crippen LogP contribution < -0.4 is 10.5 Å². The van der Waals surface area contributed by atoms with E-state index in [2.05, 4.69) is 9.71 Å². The zero-order valence-corrected chi connectivity index (χ0v) is 13.3. The maximum atomic E-state index is 13.6. The van der Waals surface area contributed by atoms with E-state index in [1.807, 2.05) is 12.3 Å². The van der Waals surface area contributed by atoms with Gasteiger partial charge in [0.1, 0.15) is 5.82 Å². The van der Waals surface area contributed by atoms with Crippen molar-refractivity contribution in [2.45, 2.75) is 25.2 Å². The van der Waals surface area contributed by atoms with Gasteiger partial charge in [0.25, 0.3) is 0 Å². The fourth-order valence-electron chi connectivity index (χ4n) is 1.84. The summed E-state index contributed by atoms with van der Waals surface area (Å²) in [7, 11) is -3.79. The first-order chi connectivity index (χ1) is 9.79. The summed E-state index contributed by atoms with van der Waals surface area (Å²) in [6.45, 7) is 3.49. The lowest BCUT2D eigenvalue weighted by Crippen LogP contribution is -2.27. The number of hydrogen-bond donors (Lipinski definition) is 2. The van der Waals surface area contributed by atoms with E-state index in [1.165, 1.54) is 24.3 Å². The van der Waals surface area contributed by atoms with Crippen LogP contribution in [0.4, 0.5) is 10.1 Å². The Morgan fingerprint density at radius 3 is 2.71 bits per heavy atom. The van der Waals surface area contributed by atoms with Crippen molar-refractivity contribution in [1.82, 2.24) is 9.71 Å². The number of hydrogen-bond acceptors (Lipinski definition) is 5. The molecule has 0 aliphatic rings. The van der Waals surface area contributed by atoms with Crippen molar-refractivity contribution in [1.29, 1.82) is 0 Å². The molecule has 0 radical (unpaired) electrons. The Labute approximate surface area is 127 Å². The van der Waals surface area contributed by atoms with E-state index < -0.39 is 15.8 Å². The number of anilines is 1. The maximum Gasteiger partial charge on any atom is 0.241 e. The predicted octanol–water partition coefficient (Wildman–Crippen LogP) is 2.00. The molecule has 0 saturated carbocycles. The average molecular weight is 329 g/mol. The average Bonchev–Trinajstić information content (AvgIpc) is 2.79. The molecule has 0 saturated heterocycles. The first kappa shape index (κ1) is 15.9. The Hall–Kier alpha value is -1.51. The lowest BCUT2D eigenvalue weighted by atomic mass is 10.2. The number of halogens is 1. The highest BCUT2D eigenvalue weighted by molar-refractivity contribution is 7.89. The fourth-order valence-corrected chi connectivity index (χ4v) is 3.93. The van der Waals surface area contributed by atoms with Gasteiger partial charge in [-0.05, 0) is 26.0 Å². The first-order valence-electron chi connectivity index (χ1n) is 6.26. The summed E-state index contributed by atoms with van der Waals surface area (Å²) in [4.78, 5) is 4.12. The van der Waals surface area contributed by atoms with E-state index in [-0.39, 0.29) is 22.7 Å². The van der Waals surface area contributed by atoms with Crippen LogP contribution in [0.5, 0.6) is 0 Å². The minimum absolute atomic E-state index is 0.0572. The second-order valence-electron chi connectivity index (χ2n) is 4.66. The summed E-state index contributed by atoms with van der Waals surface area (Å²) in [5.41, 5.74) is 6.55. The van der Waals surface area contributed by atoms with E-state index in [0.717, 1.165) is 16.8 Å². The number of nitrogens with two attached hydrogens (primary N) is 1. The van der Waals surface area contributed by atoms with Gasteiger partial charge < -0.3 is 5.73 Å². The Kier molecular flexibility index (Phi) is 4.60. The Bertz CT molecular complexity index is 757. The van der Waals surface area contributed by atoms with Gasteiger partial charge in [0.2, 0.25) is 10.0 Å². The molecule has 0 spiro atoms. The molecule has 1 aromatic heterocycles. The summed E-state index contributed by atoms with van der Waals surface area (Å²) >= 11 is 1.48. The molecule has 0 unspecified atom stereocenters. The second-order valence-corrected chi connectivity index (χ2v) is 7.33. The summed E-state index contributed by atoms with van der Waals surface area (Å²) in [6, 6.07) is 2.36. The van der Waals surface area contributed by atoms with E-state index in [0.29, 0.717) is 6.42 Å². The van der Waals surface area contributed by atoms with E-state index in [9.17, 15) is 12.8 Å². The Morgan fingerprint density at radius 1 is 1.38 bits per heavy atom. The van der Waals surface area contributed by atoms with Crippen molar-refractivity contribution in [3.8, 4) is 0 Å². The molecule has 0 fully saturated rings. The minimum Gasteiger partial charge on any atom is -0.399 e. The van der Waals surface area contributed by atoms with Crippen molar-refractivity contribution in [3.05, 3.63) is 39.6 Å². The number of rotatable bonds is 5. The van der Waals surface area contributed by atoms with Crippen LogP contribution in [0.3, 0.4) is 0 Å². The van der Waals surface area contributed by atoms with Gasteiger partial charge in [-0.1, -0.05) is 0 Å². The molecular weight excluding hydrogens is 313 g/mol. The number of sulfonamides is 1. The number of nitrogen functional groups attached to an aromatic ring is 1. The quantitative estimate of drug-likeness (QED) is 0.822. The molecule has 0 atom stereocenters. The van der Waals surface area contributed by atoms with Gasteiger partial charge in [-0.25, -0.2) is 22.5 Å². The molecule has 1 heterocycles. The number of benzene rings is 1. The van der Waals surface area contributed by atoms with Crippen LogP contribution in [0.25, 0.3) is 0 Å². The number of aryl methyl sites for hydroxylation is 1. The van der Waals surface area contributed by atoms with Gasteiger partial charge in [0, 0.05) is 35.3 Å². The third-order valence-electron chi connectivity index (χ3n) is 2.91. The van der Waals surface area contributed by atoms with Crippen LogP contribution in [0, 0.1) is 19.7 Å². The van der Waals surface area contributed by atoms with Gasteiger partial charge in [-0.3, -0.25) is 0 Å². The van der Waals surface area contributed by atoms with E-state index >= 15 is 0 Å². The number of nitrogens with one attached hydrogen (secondary N) is 1. The van der Waals surface area contributed by atoms with Crippen LogP contribution in [0.2, 0.25) is 0 Å². The highest BCUT2D eigenvalue weighted by Crippen LogP contribution is 2.21. The first-order valence-corrected chi connectivity index (χ1v) is 8.62. The predicted molar refractivity (Wildman–Crippen MR) is 81.3 cm³/mol. The molecule has 21 heavy (non-hydrogen) atoms. The number of thiazole rings is 1. The summed E-state index contributed by atoms with van der Waals surface area (Å²) < 4.78 is 40.4. The summed E-state index contributed by atoms with van der Waals surface area (Å²) in [5.74, 6) is -0.633. The zero-order chi connectivity index (χ0) is 15.6. The molecule has 8 heteroatoms. The second kappa shape index (κ2) is 6.08. The van der Waals surface area contributed by atoms with Crippen LogP contribution in [0.1, 0.15) is 16.3 Å². The smallest absolute Gasteiger partial charge is 0.241 e. The molecule has 0 aliphatic carbocycles. The molecule has 0 amide bonds. The van der Waals surface area contributed by atoms with Crippen molar-refractivity contribution >= 4 is 27.0 Å². The fraction of sp³-hybridized carbons (Fsp3) is 0.308. The summed E-state index contributed by atoms with van der Waals surface area (Å²) in [6.07, 6.45) is 0.488. The number of nitrogens with zero attached hydrogens (tertiary/aromatic N) is 1. The van der Waals surface area contributed by atoms with Gasteiger partial charge in [-0.2, -0.15) is 0 Å². The highest BCUT2D eigenvalue weighted by Gasteiger charge is 2.19. The third kappa shape index (κ3) is 3.78. The van der Waals surface area contributed by atoms with Gasteiger partial charge in [0.05, 0.1) is 9.90 Å². The number of aromatic nitrogens is 1. The molecule has 5 nitrogen and oxygen atoms in total. The monoisotopic (exact) mass is 329 g/mol. The zero-order valence-electron chi connectivity index (χ0n) is 11.7. The SMILES string of the molecule is Cc1csc(CCNS(=O)(=O)c2cc(N)cc(F)c2C)n1. The molecule has 2 aromatic rings. The molecule has 1 aromatic carbocycles. The standard InChI is InChI=1S/C13H16FN3O2S2/c1-8-7-20-13(17-8)3-4-16-21(18,19)12-6-10(15)5-11(14)9(12)2/h5-7,16H,3-4,15H2,1-2H3. The van der Waals surface area contributed by atoms with Gasteiger partial charge >= 0.3 is 0 Å². The summed E-state index contributed by atoms with van der Waals surface area (Å²) in [5, 5.41) is 2.76. The lowest BCUT2D eigenvalue weighted by molar-refractivity contribution is 0.575. The normalized spacial score (nSPS) is 11.8. The molecule has 114 valence electrons. The van der Waals surface area contributed by atoms with Crippen LogP contribution in [0.15, 0.2) is 22.4 Å².